The van der Waals surface area contributed by atoms with Gasteiger partial charge in [-0.15, -0.1) is 0 Å². The highest BCUT2D eigenvalue weighted by molar-refractivity contribution is 9.10. The van der Waals surface area contributed by atoms with E-state index in [1.165, 1.54) is 4.31 Å². The fourth-order valence-electron chi connectivity index (χ4n) is 4.33. The molecular weight excluding hydrogens is 512 g/mol. The van der Waals surface area contributed by atoms with E-state index in [4.69, 9.17) is 0 Å². The molecule has 0 atom stereocenters. The number of anilines is 1. The minimum Gasteiger partial charge on any atom is -0.324 e. The lowest BCUT2D eigenvalue weighted by molar-refractivity contribution is -0.116. The number of carbonyl (C=O) groups excluding carboxylic acids is 1. The minimum absolute atomic E-state index is 0.199. The van der Waals surface area contributed by atoms with Crippen LogP contribution in [0.3, 0.4) is 0 Å². The molecule has 7 heteroatoms. The summed E-state index contributed by atoms with van der Waals surface area (Å²) in [4.78, 5) is 13.4. The van der Waals surface area contributed by atoms with Gasteiger partial charge in [0.2, 0.25) is 15.9 Å². The van der Waals surface area contributed by atoms with E-state index < -0.39 is 10.0 Å². The number of rotatable bonds is 8. The summed E-state index contributed by atoms with van der Waals surface area (Å²) in [5.41, 5.74) is 5.90. The van der Waals surface area contributed by atoms with E-state index in [0.29, 0.717) is 23.2 Å². The van der Waals surface area contributed by atoms with Gasteiger partial charge >= 0.3 is 0 Å². The minimum atomic E-state index is -3.90. The first-order valence-electron chi connectivity index (χ1n) is 11.2. The van der Waals surface area contributed by atoms with Crippen LogP contribution >= 0.6 is 15.9 Å². The molecule has 1 amide bonds. The number of benzene rings is 3. The number of nitrogens with zero attached hydrogens (tertiary/aromatic N) is 1. The van der Waals surface area contributed by atoms with Gasteiger partial charge in [-0.25, -0.2) is 8.42 Å². The first kappa shape index (κ1) is 26.1. The third-order valence-electron chi connectivity index (χ3n) is 5.78. The van der Waals surface area contributed by atoms with Gasteiger partial charge in [0.1, 0.15) is 0 Å². The molecule has 3 aromatic carbocycles. The maximum atomic E-state index is 13.8. The van der Waals surface area contributed by atoms with Gasteiger partial charge in [-0.3, -0.25) is 4.79 Å². The van der Waals surface area contributed by atoms with Gasteiger partial charge in [-0.1, -0.05) is 64.0 Å². The molecule has 0 aliphatic heterocycles. The fraction of sp³-hybridized carbons (Fsp3) is 0.296. The van der Waals surface area contributed by atoms with Crippen LogP contribution in [0.4, 0.5) is 5.69 Å². The summed E-state index contributed by atoms with van der Waals surface area (Å²) >= 11 is 3.47. The molecule has 0 aliphatic carbocycles. The topological polar surface area (TPSA) is 66.5 Å². The molecule has 0 spiro atoms. The highest BCUT2D eigenvalue weighted by atomic mass is 79.9. The Morgan fingerprint density at radius 3 is 2.00 bits per heavy atom. The molecule has 0 aliphatic rings. The average Bonchev–Trinajstić information content (AvgIpc) is 2.73. The monoisotopic (exact) mass is 542 g/mol. The second-order valence-corrected chi connectivity index (χ2v) is 11.6. The second-order valence-electron chi connectivity index (χ2n) is 8.76. The molecule has 0 aromatic heterocycles. The molecule has 0 bridgehead atoms. The molecule has 0 radical (unpaired) electrons. The van der Waals surface area contributed by atoms with Crippen LogP contribution in [0, 0.1) is 34.6 Å². The van der Waals surface area contributed by atoms with Crippen molar-refractivity contribution in [2.75, 3.05) is 18.4 Å². The zero-order chi connectivity index (χ0) is 25.0. The lowest BCUT2D eigenvalue weighted by atomic mass is 10.1. The smallest absolute Gasteiger partial charge is 0.244 e. The number of sulfonamides is 1. The highest BCUT2D eigenvalue weighted by Gasteiger charge is 2.29. The van der Waals surface area contributed by atoms with Gasteiger partial charge in [0.25, 0.3) is 0 Å². The Morgan fingerprint density at radius 1 is 0.882 bits per heavy atom. The number of carbonyl (C=O) groups is 1. The van der Waals surface area contributed by atoms with Crippen LogP contribution < -0.4 is 5.32 Å². The largest absolute Gasteiger partial charge is 0.324 e. The first-order chi connectivity index (χ1) is 16.0. The lowest BCUT2D eigenvalue weighted by Crippen LogP contribution is -2.40. The predicted octanol–water partition coefficient (Wildman–Crippen LogP) is 5.86. The molecule has 0 saturated carbocycles. The third-order valence-corrected chi connectivity index (χ3v) is 8.39. The van der Waals surface area contributed by atoms with E-state index in [9.17, 15) is 13.2 Å². The van der Waals surface area contributed by atoms with Crippen LogP contribution in [-0.4, -0.2) is 31.7 Å². The molecule has 1 N–H and O–H groups in total. The Labute approximate surface area is 211 Å². The molecule has 0 saturated heterocycles. The lowest BCUT2D eigenvalue weighted by Gasteiger charge is -2.24. The summed E-state index contributed by atoms with van der Waals surface area (Å²) in [6.07, 6.45) is 0.508. The normalized spacial score (nSPS) is 11.6. The van der Waals surface area contributed by atoms with Crippen molar-refractivity contribution in [3.63, 3.8) is 0 Å². The Bertz CT molecular complexity index is 1260. The molecule has 34 heavy (non-hydrogen) atoms. The Kier molecular flexibility index (Phi) is 8.34. The molecule has 0 heterocycles. The summed E-state index contributed by atoms with van der Waals surface area (Å²) in [6, 6.07) is 17.3. The van der Waals surface area contributed by atoms with Crippen molar-refractivity contribution in [1.82, 2.24) is 4.31 Å². The zero-order valence-corrected chi connectivity index (χ0v) is 22.7. The number of nitrogens with one attached hydrogen (secondary N) is 1. The SMILES string of the molecule is Cc1cc(C)c(S(=O)(=O)N(CCc2ccccc2)CC(=O)Nc2c(C)cc(Br)cc2C)c(C)c1. The van der Waals surface area contributed by atoms with Crippen LogP contribution in [0.1, 0.15) is 33.4 Å². The summed E-state index contributed by atoms with van der Waals surface area (Å²) in [7, 11) is -3.90. The van der Waals surface area contributed by atoms with Crippen LogP contribution in [0.2, 0.25) is 0 Å². The number of hydrogen-bond donors (Lipinski definition) is 1. The number of aryl methyl sites for hydroxylation is 5. The van der Waals surface area contributed by atoms with Crippen molar-refractivity contribution in [3.05, 3.63) is 92.5 Å². The first-order valence-corrected chi connectivity index (χ1v) is 13.4. The van der Waals surface area contributed by atoms with Gasteiger partial charge in [0.15, 0.2) is 0 Å². The van der Waals surface area contributed by atoms with E-state index >= 15 is 0 Å². The third kappa shape index (κ3) is 6.14. The number of halogens is 1. The predicted molar refractivity (Wildman–Crippen MR) is 142 cm³/mol. The van der Waals surface area contributed by atoms with Gasteiger partial charge < -0.3 is 5.32 Å². The van der Waals surface area contributed by atoms with Gasteiger partial charge in [0, 0.05) is 16.7 Å². The van der Waals surface area contributed by atoms with E-state index in [1.807, 2.05) is 75.4 Å². The Hall–Kier alpha value is -2.48. The summed E-state index contributed by atoms with van der Waals surface area (Å²) in [5, 5.41) is 2.93. The summed E-state index contributed by atoms with van der Waals surface area (Å²) in [5.74, 6) is -0.368. The van der Waals surface area contributed by atoms with E-state index in [-0.39, 0.29) is 23.9 Å². The van der Waals surface area contributed by atoms with Crippen LogP contribution in [0.15, 0.2) is 64.0 Å². The number of amides is 1. The van der Waals surface area contributed by atoms with E-state index in [0.717, 1.165) is 26.7 Å². The van der Waals surface area contributed by atoms with E-state index in [1.54, 1.807) is 13.8 Å². The van der Waals surface area contributed by atoms with Crippen LogP contribution in [0.25, 0.3) is 0 Å². The Morgan fingerprint density at radius 2 is 1.44 bits per heavy atom. The van der Waals surface area contributed by atoms with Crippen molar-refractivity contribution >= 4 is 37.5 Å². The van der Waals surface area contributed by atoms with Gasteiger partial charge in [-0.2, -0.15) is 4.31 Å². The second kappa shape index (κ2) is 10.8. The Balaban J connectivity index is 1.93. The zero-order valence-electron chi connectivity index (χ0n) is 20.3. The van der Waals surface area contributed by atoms with Crippen molar-refractivity contribution in [1.29, 1.82) is 0 Å². The van der Waals surface area contributed by atoms with Crippen LogP contribution in [-0.2, 0) is 21.2 Å². The van der Waals surface area contributed by atoms with Crippen molar-refractivity contribution in [2.45, 2.75) is 45.9 Å². The molecule has 3 aromatic rings. The van der Waals surface area contributed by atoms with Gasteiger partial charge in [0.05, 0.1) is 11.4 Å². The molecular formula is C27H31BrN2O3S. The van der Waals surface area contributed by atoms with Crippen molar-refractivity contribution in [2.24, 2.45) is 0 Å². The molecule has 5 nitrogen and oxygen atoms in total. The molecule has 180 valence electrons. The maximum absolute atomic E-state index is 13.8. The van der Waals surface area contributed by atoms with Crippen molar-refractivity contribution in [3.8, 4) is 0 Å². The van der Waals surface area contributed by atoms with Gasteiger partial charge in [-0.05, 0) is 81.0 Å². The summed E-state index contributed by atoms with van der Waals surface area (Å²) < 4.78 is 29.8. The molecule has 0 unspecified atom stereocenters. The molecule has 3 rings (SSSR count). The van der Waals surface area contributed by atoms with Crippen LogP contribution in [0.5, 0.6) is 0 Å². The highest BCUT2D eigenvalue weighted by Crippen LogP contribution is 2.27. The maximum Gasteiger partial charge on any atom is 0.244 e. The van der Waals surface area contributed by atoms with Crippen molar-refractivity contribution < 1.29 is 13.2 Å². The quantitative estimate of drug-likeness (QED) is 0.387. The average molecular weight is 544 g/mol. The number of hydrogen-bond acceptors (Lipinski definition) is 3. The van der Waals surface area contributed by atoms with E-state index in [2.05, 4.69) is 21.2 Å². The standard InChI is InChI=1S/C27H31BrN2O3S/c1-18-13-21(4)27(22(5)14-18)34(32,33)30(12-11-23-9-7-6-8-10-23)17-25(31)29-26-19(2)15-24(28)16-20(26)3/h6-10,13-16H,11-12,17H2,1-5H3,(H,29,31). The summed E-state index contributed by atoms with van der Waals surface area (Å²) in [6.45, 7) is 9.31. The fourth-order valence-corrected chi connectivity index (χ4v) is 6.83. The molecule has 0 fully saturated rings.